The molecule has 1 N–H and O–H groups in total. The fourth-order valence-corrected chi connectivity index (χ4v) is 5.06. The van der Waals surface area contributed by atoms with Gasteiger partial charge in [0, 0.05) is 40.9 Å². The highest BCUT2D eigenvalue weighted by atomic mass is 32.2. The molecule has 11 heteroatoms. The standard InChI is InChI=1S/C25H21N3O7S/c1-16-5-3-4-6-24(16)36(33,34)26-25(30)17-7-8-18(23(13-17)35-2)15-27-12-11-22(29)20-10-9-19(28(31)32)14-21(20)27/h3-14H,15H2,1-2H3,(H,26,30). The number of nitro benzene ring substituents is 1. The van der Waals surface area contributed by atoms with Crippen LogP contribution in [-0.4, -0.2) is 30.9 Å². The summed E-state index contributed by atoms with van der Waals surface area (Å²) in [5.74, 6) is -0.527. The highest BCUT2D eigenvalue weighted by molar-refractivity contribution is 7.90. The van der Waals surface area contributed by atoms with Crippen molar-refractivity contribution in [3.8, 4) is 5.75 Å². The molecule has 0 atom stereocenters. The van der Waals surface area contributed by atoms with Crippen molar-refractivity contribution in [1.29, 1.82) is 0 Å². The molecule has 1 aromatic heterocycles. The lowest BCUT2D eigenvalue weighted by molar-refractivity contribution is -0.384. The summed E-state index contributed by atoms with van der Waals surface area (Å²) in [6.45, 7) is 1.80. The smallest absolute Gasteiger partial charge is 0.271 e. The quantitative estimate of drug-likeness (QED) is 0.299. The molecule has 0 saturated heterocycles. The maximum atomic E-state index is 12.7. The molecule has 0 aliphatic rings. The van der Waals surface area contributed by atoms with Crippen molar-refractivity contribution in [3.63, 3.8) is 0 Å². The maximum absolute atomic E-state index is 12.7. The van der Waals surface area contributed by atoms with Crippen molar-refractivity contribution in [1.82, 2.24) is 9.29 Å². The first-order chi connectivity index (χ1) is 17.1. The molecule has 10 nitrogen and oxygen atoms in total. The Morgan fingerprint density at radius 3 is 2.53 bits per heavy atom. The summed E-state index contributed by atoms with van der Waals surface area (Å²) in [5.41, 5.74) is 1.10. The molecule has 0 saturated carbocycles. The molecular weight excluding hydrogens is 486 g/mol. The van der Waals surface area contributed by atoms with E-state index in [0.29, 0.717) is 27.8 Å². The number of benzene rings is 3. The fraction of sp³-hybridized carbons (Fsp3) is 0.120. The van der Waals surface area contributed by atoms with Crippen molar-refractivity contribution < 1.29 is 22.9 Å². The second-order valence-electron chi connectivity index (χ2n) is 7.99. The Bertz CT molecular complexity index is 1680. The van der Waals surface area contributed by atoms with E-state index in [1.807, 2.05) is 0 Å². The SMILES string of the molecule is COc1cc(C(=O)NS(=O)(=O)c2ccccc2C)ccc1Cn1ccc(=O)c2ccc([N+](=O)[O-])cc21. The van der Waals surface area contributed by atoms with Gasteiger partial charge in [0.1, 0.15) is 5.75 Å². The van der Waals surface area contributed by atoms with Gasteiger partial charge in [0.2, 0.25) is 0 Å². The summed E-state index contributed by atoms with van der Waals surface area (Å²) in [6.07, 6.45) is 1.52. The normalized spacial score (nSPS) is 11.3. The number of hydrogen-bond donors (Lipinski definition) is 1. The van der Waals surface area contributed by atoms with Gasteiger partial charge in [-0.15, -0.1) is 0 Å². The van der Waals surface area contributed by atoms with E-state index in [9.17, 15) is 28.1 Å². The summed E-state index contributed by atoms with van der Waals surface area (Å²) < 4.78 is 34.5. The van der Waals surface area contributed by atoms with E-state index in [1.54, 1.807) is 35.8 Å². The van der Waals surface area contributed by atoms with Gasteiger partial charge in [0.25, 0.3) is 21.6 Å². The van der Waals surface area contributed by atoms with Crippen LogP contribution in [-0.2, 0) is 16.6 Å². The largest absolute Gasteiger partial charge is 0.496 e. The Hall–Kier alpha value is -4.51. The van der Waals surface area contributed by atoms with Crippen molar-refractivity contribution in [2.24, 2.45) is 0 Å². The first-order valence-electron chi connectivity index (χ1n) is 10.7. The molecule has 0 unspecified atom stereocenters. The van der Waals surface area contributed by atoms with E-state index in [-0.39, 0.29) is 28.1 Å². The van der Waals surface area contributed by atoms with Gasteiger partial charge in [-0.25, -0.2) is 13.1 Å². The van der Waals surface area contributed by atoms with Crippen molar-refractivity contribution >= 4 is 32.5 Å². The van der Waals surface area contributed by atoms with Crippen LogP contribution in [0.1, 0.15) is 21.5 Å². The Morgan fingerprint density at radius 2 is 1.83 bits per heavy atom. The second kappa shape index (κ2) is 9.62. The summed E-state index contributed by atoms with van der Waals surface area (Å²) >= 11 is 0. The van der Waals surface area contributed by atoms with Crippen molar-refractivity contribution in [2.45, 2.75) is 18.4 Å². The lowest BCUT2D eigenvalue weighted by atomic mass is 10.1. The number of sulfonamides is 1. The van der Waals surface area contributed by atoms with Gasteiger partial charge in [0.15, 0.2) is 5.43 Å². The molecule has 0 radical (unpaired) electrons. The van der Waals surface area contributed by atoms with Gasteiger partial charge < -0.3 is 9.30 Å². The minimum Gasteiger partial charge on any atom is -0.496 e. The molecule has 36 heavy (non-hydrogen) atoms. The van der Waals surface area contributed by atoms with E-state index < -0.39 is 20.9 Å². The number of non-ortho nitro benzene ring substituents is 1. The first kappa shape index (κ1) is 24.6. The van der Waals surface area contributed by atoms with Crippen LogP contribution in [0, 0.1) is 17.0 Å². The molecule has 4 rings (SSSR count). The van der Waals surface area contributed by atoms with E-state index in [4.69, 9.17) is 4.74 Å². The van der Waals surface area contributed by atoms with E-state index in [2.05, 4.69) is 4.72 Å². The zero-order chi connectivity index (χ0) is 26.0. The Morgan fingerprint density at radius 1 is 1.08 bits per heavy atom. The summed E-state index contributed by atoms with van der Waals surface area (Å²) in [4.78, 5) is 35.7. The molecule has 184 valence electrons. The van der Waals surface area contributed by atoms with Crippen LogP contribution in [0.3, 0.4) is 0 Å². The van der Waals surface area contributed by atoms with Gasteiger partial charge >= 0.3 is 0 Å². The van der Waals surface area contributed by atoms with Gasteiger partial charge in [-0.1, -0.05) is 24.3 Å². The topological polar surface area (TPSA) is 138 Å². The molecule has 0 spiro atoms. The number of carbonyl (C=O) groups excluding carboxylic acids is 1. The van der Waals surface area contributed by atoms with E-state index in [0.717, 1.165) is 0 Å². The number of carbonyl (C=O) groups is 1. The van der Waals surface area contributed by atoms with Crippen LogP contribution >= 0.6 is 0 Å². The minimum absolute atomic E-state index is 0.00104. The summed E-state index contributed by atoms with van der Waals surface area (Å²) in [6, 6.07) is 16.1. The molecule has 0 bridgehead atoms. The number of pyridine rings is 1. The Labute approximate surface area is 206 Å². The number of aromatic nitrogens is 1. The third-order valence-electron chi connectivity index (χ3n) is 5.67. The first-order valence-corrected chi connectivity index (χ1v) is 12.2. The average molecular weight is 508 g/mol. The lowest BCUT2D eigenvalue weighted by Gasteiger charge is -2.15. The molecular formula is C25H21N3O7S. The third-order valence-corrected chi connectivity index (χ3v) is 7.16. The number of nitrogens with zero attached hydrogens (tertiary/aromatic N) is 2. The molecule has 1 amide bonds. The zero-order valence-corrected chi connectivity index (χ0v) is 20.1. The summed E-state index contributed by atoms with van der Waals surface area (Å²) in [7, 11) is -2.68. The third kappa shape index (κ3) is 4.82. The van der Waals surface area contributed by atoms with E-state index >= 15 is 0 Å². The Balaban J connectivity index is 1.66. The minimum atomic E-state index is -4.09. The van der Waals surface area contributed by atoms with Gasteiger partial charge in [0.05, 0.1) is 29.0 Å². The fourth-order valence-electron chi connectivity index (χ4n) is 3.84. The Kier molecular flexibility index (Phi) is 6.58. The maximum Gasteiger partial charge on any atom is 0.271 e. The molecule has 4 aromatic rings. The number of amides is 1. The lowest BCUT2D eigenvalue weighted by Crippen LogP contribution is -2.31. The van der Waals surface area contributed by atoms with Crippen LogP contribution in [0.5, 0.6) is 5.75 Å². The number of methoxy groups -OCH3 is 1. The molecule has 3 aromatic carbocycles. The predicted molar refractivity (Wildman–Crippen MR) is 133 cm³/mol. The summed E-state index contributed by atoms with van der Waals surface area (Å²) in [5, 5.41) is 11.5. The molecule has 0 aliphatic carbocycles. The molecule has 1 heterocycles. The zero-order valence-electron chi connectivity index (χ0n) is 19.3. The van der Waals surface area contributed by atoms with E-state index in [1.165, 1.54) is 55.8 Å². The average Bonchev–Trinajstić information content (AvgIpc) is 2.85. The second-order valence-corrected chi connectivity index (χ2v) is 9.64. The van der Waals surface area contributed by atoms with Crippen molar-refractivity contribution in [2.75, 3.05) is 7.11 Å². The number of hydrogen-bond acceptors (Lipinski definition) is 7. The monoisotopic (exact) mass is 507 g/mol. The van der Waals surface area contributed by atoms with Crippen LogP contribution in [0.4, 0.5) is 5.69 Å². The molecule has 0 aliphatic heterocycles. The van der Waals surface area contributed by atoms with Crippen LogP contribution in [0.25, 0.3) is 10.9 Å². The number of rotatable bonds is 7. The van der Waals surface area contributed by atoms with Crippen LogP contribution in [0.15, 0.2) is 82.6 Å². The van der Waals surface area contributed by atoms with Gasteiger partial charge in [-0.3, -0.25) is 19.7 Å². The number of aryl methyl sites for hydroxylation is 1. The van der Waals surface area contributed by atoms with Gasteiger partial charge in [-0.05, 0) is 36.8 Å². The number of nitrogens with one attached hydrogen (secondary N) is 1. The highest BCUT2D eigenvalue weighted by Gasteiger charge is 2.21. The van der Waals surface area contributed by atoms with Gasteiger partial charge in [-0.2, -0.15) is 0 Å². The predicted octanol–water partition coefficient (Wildman–Crippen LogP) is 3.39. The van der Waals surface area contributed by atoms with Crippen molar-refractivity contribution in [3.05, 3.63) is 110 Å². The molecule has 0 fully saturated rings. The number of nitro groups is 1. The van der Waals surface area contributed by atoms with Crippen LogP contribution < -0.4 is 14.9 Å². The van der Waals surface area contributed by atoms with Crippen LogP contribution in [0.2, 0.25) is 0 Å². The number of ether oxygens (including phenoxy) is 1. The highest BCUT2D eigenvalue weighted by Crippen LogP contribution is 2.25. The number of fused-ring (bicyclic) bond motifs is 1.